The highest BCUT2D eigenvalue weighted by Gasteiger charge is 2.16. The predicted octanol–water partition coefficient (Wildman–Crippen LogP) is 0.494. The molecule has 1 aliphatic heterocycles. The Morgan fingerprint density at radius 1 is 1.50 bits per heavy atom. The zero-order valence-corrected chi connectivity index (χ0v) is 11.0. The Hall–Kier alpha value is 0.190. The molecular formula is C11H23NO3S. The summed E-state index contributed by atoms with van der Waals surface area (Å²) in [7, 11) is 1.65. The molecule has 0 aromatic rings. The zero-order valence-electron chi connectivity index (χ0n) is 10.1. The SMILES string of the molecule is COCC(C)OCC(O)CNC1CCSC1. The van der Waals surface area contributed by atoms with Crippen LogP contribution in [0.15, 0.2) is 0 Å². The standard InChI is InChI=1S/C11H23NO3S/c1-9(6-14-2)15-7-11(13)5-12-10-3-4-16-8-10/h9-13H,3-8H2,1-2H3. The van der Waals surface area contributed by atoms with E-state index >= 15 is 0 Å². The Morgan fingerprint density at radius 2 is 2.31 bits per heavy atom. The maximum Gasteiger partial charge on any atom is 0.0897 e. The molecule has 1 saturated heterocycles. The van der Waals surface area contributed by atoms with Gasteiger partial charge in [-0.05, 0) is 19.1 Å². The average Bonchev–Trinajstić information content (AvgIpc) is 2.77. The number of ether oxygens (including phenoxy) is 2. The van der Waals surface area contributed by atoms with Crippen molar-refractivity contribution in [3.8, 4) is 0 Å². The lowest BCUT2D eigenvalue weighted by Crippen LogP contribution is -2.38. The summed E-state index contributed by atoms with van der Waals surface area (Å²) < 4.78 is 10.4. The first kappa shape index (κ1) is 14.3. The molecule has 1 fully saturated rings. The van der Waals surface area contributed by atoms with Crippen molar-refractivity contribution in [2.45, 2.75) is 31.6 Å². The maximum atomic E-state index is 9.69. The van der Waals surface area contributed by atoms with Gasteiger partial charge >= 0.3 is 0 Å². The number of aliphatic hydroxyl groups excluding tert-OH is 1. The highest BCUT2D eigenvalue weighted by molar-refractivity contribution is 7.99. The molecule has 96 valence electrons. The Kier molecular flexibility index (Phi) is 7.40. The van der Waals surface area contributed by atoms with Gasteiger partial charge in [-0.1, -0.05) is 0 Å². The van der Waals surface area contributed by atoms with Gasteiger partial charge in [0, 0.05) is 25.4 Å². The largest absolute Gasteiger partial charge is 0.389 e. The van der Waals surface area contributed by atoms with Crippen LogP contribution in [0.2, 0.25) is 0 Å². The van der Waals surface area contributed by atoms with Crippen LogP contribution in [-0.2, 0) is 9.47 Å². The van der Waals surface area contributed by atoms with Gasteiger partial charge in [-0.2, -0.15) is 11.8 Å². The van der Waals surface area contributed by atoms with Crippen LogP contribution in [0.1, 0.15) is 13.3 Å². The minimum absolute atomic E-state index is 0.0432. The molecule has 3 atom stereocenters. The molecule has 0 aromatic heterocycles. The van der Waals surface area contributed by atoms with Gasteiger partial charge in [0.2, 0.25) is 0 Å². The number of thioether (sulfide) groups is 1. The first-order valence-corrected chi connectivity index (χ1v) is 6.97. The predicted molar refractivity (Wildman–Crippen MR) is 67.0 cm³/mol. The molecular weight excluding hydrogens is 226 g/mol. The molecule has 1 heterocycles. The van der Waals surface area contributed by atoms with Crippen LogP contribution in [0.3, 0.4) is 0 Å². The van der Waals surface area contributed by atoms with Gasteiger partial charge in [0.1, 0.15) is 0 Å². The van der Waals surface area contributed by atoms with Gasteiger partial charge in [-0.25, -0.2) is 0 Å². The number of aliphatic hydroxyl groups is 1. The third-order valence-corrected chi connectivity index (χ3v) is 3.71. The average molecular weight is 249 g/mol. The molecule has 4 nitrogen and oxygen atoms in total. The molecule has 0 radical (unpaired) electrons. The minimum Gasteiger partial charge on any atom is -0.389 e. The van der Waals surface area contributed by atoms with E-state index in [9.17, 15) is 5.11 Å². The van der Waals surface area contributed by atoms with E-state index in [1.807, 2.05) is 18.7 Å². The third kappa shape index (κ3) is 6.06. The Labute approximate surface area is 102 Å². The molecule has 1 rings (SSSR count). The number of nitrogens with one attached hydrogen (secondary N) is 1. The topological polar surface area (TPSA) is 50.7 Å². The van der Waals surface area contributed by atoms with Crippen molar-refractivity contribution in [2.24, 2.45) is 0 Å². The Balaban J connectivity index is 1.99. The second kappa shape index (κ2) is 8.31. The van der Waals surface area contributed by atoms with Crippen LogP contribution in [0.25, 0.3) is 0 Å². The molecule has 5 heteroatoms. The summed E-state index contributed by atoms with van der Waals surface area (Å²) in [6.45, 7) is 3.50. The summed E-state index contributed by atoms with van der Waals surface area (Å²) in [4.78, 5) is 0. The van der Waals surface area contributed by atoms with Gasteiger partial charge in [-0.15, -0.1) is 0 Å². The summed E-state index contributed by atoms with van der Waals surface area (Å²) in [5.41, 5.74) is 0. The summed E-state index contributed by atoms with van der Waals surface area (Å²) in [5.74, 6) is 2.39. The lowest BCUT2D eigenvalue weighted by Gasteiger charge is -2.18. The van der Waals surface area contributed by atoms with Crippen molar-refractivity contribution in [2.75, 3.05) is 38.4 Å². The molecule has 0 aromatic carbocycles. The van der Waals surface area contributed by atoms with E-state index in [1.54, 1.807) is 7.11 Å². The second-order valence-corrected chi connectivity index (χ2v) is 5.37. The highest BCUT2D eigenvalue weighted by atomic mass is 32.2. The molecule has 16 heavy (non-hydrogen) atoms. The minimum atomic E-state index is -0.426. The fourth-order valence-corrected chi connectivity index (χ4v) is 2.80. The second-order valence-electron chi connectivity index (χ2n) is 4.22. The maximum absolute atomic E-state index is 9.69. The van der Waals surface area contributed by atoms with Gasteiger partial charge in [0.15, 0.2) is 0 Å². The first-order valence-electron chi connectivity index (χ1n) is 5.82. The van der Waals surface area contributed by atoms with Crippen molar-refractivity contribution in [1.29, 1.82) is 0 Å². The Morgan fingerprint density at radius 3 is 2.94 bits per heavy atom. The van der Waals surface area contributed by atoms with Gasteiger partial charge in [0.25, 0.3) is 0 Å². The number of rotatable bonds is 8. The van der Waals surface area contributed by atoms with E-state index in [4.69, 9.17) is 9.47 Å². The number of methoxy groups -OCH3 is 1. The van der Waals surface area contributed by atoms with Crippen molar-refractivity contribution in [1.82, 2.24) is 5.32 Å². The summed E-state index contributed by atoms with van der Waals surface area (Å²) in [6.07, 6.45) is 0.824. The zero-order chi connectivity index (χ0) is 11.8. The van der Waals surface area contributed by atoms with Crippen molar-refractivity contribution in [3.05, 3.63) is 0 Å². The molecule has 3 unspecified atom stereocenters. The summed E-state index contributed by atoms with van der Waals surface area (Å²) >= 11 is 1.97. The van der Waals surface area contributed by atoms with Crippen LogP contribution in [0.4, 0.5) is 0 Å². The van der Waals surface area contributed by atoms with Crippen LogP contribution >= 0.6 is 11.8 Å². The number of hydrogen-bond donors (Lipinski definition) is 2. The van der Waals surface area contributed by atoms with Crippen LogP contribution in [-0.4, -0.2) is 61.7 Å². The van der Waals surface area contributed by atoms with E-state index in [0.717, 1.165) is 5.75 Å². The smallest absolute Gasteiger partial charge is 0.0897 e. The van der Waals surface area contributed by atoms with Crippen molar-refractivity contribution < 1.29 is 14.6 Å². The van der Waals surface area contributed by atoms with E-state index < -0.39 is 6.10 Å². The molecule has 0 spiro atoms. The van der Waals surface area contributed by atoms with Gasteiger partial charge in [-0.3, -0.25) is 0 Å². The normalized spacial score (nSPS) is 24.6. The fourth-order valence-electron chi connectivity index (χ4n) is 1.62. The van der Waals surface area contributed by atoms with Crippen LogP contribution < -0.4 is 5.32 Å². The van der Waals surface area contributed by atoms with E-state index in [1.165, 1.54) is 12.2 Å². The summed E-state index contributed by atoms with van der Waals surface area (Å²) in [6, 6.07) is 0.566. The van der Waals surface area contributed by atoms with Gasteiger partial charge < -0.3 is 19.9 Å². The Bertz CT molecular complexity index is 177. The summed E-state index contributed by atoms with van der Waals surface area (Å²) in [5, 5.41) is 13.0. The molecule has 2 N–H and O–H groups in total. The van der Waals surface area contributed by atoms with E-state index in [0.29, 0.717) is 25.8 Å². The highest BCUT2D eigenvalue weighted by Crippen LogP contribution is 2.16. The number of hydrogen-bond acceptors (Lipinski definition) is 5. The van der Waals surface area contributed by atoms with Crippen LogP contribution in [0.5, 0.6) is 0 Å². The van der Waals surface area contributed by atoms with Crippen molar-refractivity contribution in [3.63, 3.8) is 0 Å². The lowest BCUT2D eigenvalue weighted by atomic mass is 10.2. The monoisotopic (exact) mass is 249 g/mol. The molecule has 0 bridgehead atoms. The van der Waals surface area contributed by atoms with Crippen molar-refractivity contribution >= 4 is 11.8 Å². The van der Waals surface area contributed by atoms with E-state index in [2.05, 4.69) is 5.32 Å². The lowest BCUT2D eigenvalue weighted by molar-refractivity contribution is -0.0314. The fraction of sp³-hybridized carbons (Fsp3) is 1.00. The molecule has 0 amide bonds. The van der Waals surface area contributed by atoms with E-state index in [-0.39, 0.29) is 6.10 Å². The molecule has 0 aliphatic carbocycles. The first-order chi connectivity index (χ1) is 7.72. The molecule has 1 aliphatic rings. The quantitative estimate of drug-likeness (QED) is 0.656. The van der Waals surface area contributed by atoms with Gasteiger partial charge in [0.05, 0.1) is 25.4 Å². The molecule has 0 saturated carbocycles. The third-order valence-electron chi connectivity index (χ3n) is 2.55. The van der Waals surface area contributed by atoms with Crippen LogP contribution in [0, 0.1) is 0 Å².